The van der Waals surface area contributed by atoms with Gasteiger partial charge in [-0.25, -0.2) is 9.13 Å². The standard InChI is InChI=1S/C38H48N5O/c1-6-15-30(3)26-33(7-2)39-27-31(4)43-35-19-12-11-18-34(35)38(37(43)44)20-13-14-22-41(23-21-38)29-36-40(5)24-25-42(36)28-32-16-9-8-10-17-32/h6-12,15-19,24-25,27,30H,2,13-14,20-23,26,28-29H2,1,3-5H3/q+1/b15-6-,31-27+,39-33?. The smallest absolute Gasteiger partial charge is 0.270 e. The second-order valence-electron chi connectivity index (χ2n) is 12.5. The lowest BCUT2D eigenvalue weighted by Gasteiger charge is -2.34. The minimum Gasteiger partial charge on any atom is -0.292 e. The number of carbonyl (C=O) groups excluding carboxylic acids is 1. The van der Waals surface area contributed by atoms with E-state index in [0.29, 0.717) is 5.92 Å². The van der Waals surface area contributed by atoms with Crippen molar-refractivity contribution in [1.82, 2.24) is 9.47 Å². The van der Waals surface area contributed by atoms with Crippen LogP contribution < -0.4 is 9.47 Å². The fourth-order valence-corrected chi connectivity index (χ4v) is 6.88. The zero-order valence-corrected chi connectivity index (χ0v) is 27.0. The summed E-state index contributed by atoms with van der Waals surface area (Å²) < 4.78 is 4.59. The molecule has 1 aromatic heterocycles. The summed E-state index contributed by atoms with van der Waals surface area (Å²) in [5, 5.41) is 0. The minimum atomic E-state index is -0.524. The van der Waals surface area contributed by atoms with Crippen LogP contribution in [0.4, 0.5) is 5.69 Å². The zero-order chi connectivity index (χ0) is 31.1. The molecule has 0 bridgehead atoms. The molecule has 230 valence electrons. The summed E-state index contributed by atoms with van der Waals surface area (Å²) in [6, 6.07) is 19.0. The number of aromatic nitrogens is 2. The maximum atomic E-state index is 14.5. The summed E-state index contributed by atoms with van der Waals surface area (Å²) in [5.41, 5.74) is 4.71. The van der Waals surface area contributed by atoms with Crippen molar-refractivity contribution in [1.29, 1.82) is 0 Å². The van der Waals surface area contributed by atoms with Crippen molar-refractivity contribution in [2.45, 2.75) is 71.4 Å². The third kappa shape index (κ3) is 6.71. The Balaban J connectivity index is 1.37. The summed E-state index contributed by atoms with van der Waals surface area (Å²) in [6.45, 7) is 13.8. The maximum Gasteiger partial charge on any atom is 0.270 e. The first-order valence-corrected chi connectivity index (χ1v) is 16.1. The van der Waals surface area contributed by atoms with Gasteiger partial charge in [-0.2, -0.15) is 0 Å². The van der Waals surface area contributed by atoms with Gasteiger partial charge in [0, 0.05) is 24.2 Å². The molecule has 0 radical (unpaired) electrons. The first-order chi connectivity index (χ1) is 21.4. The van der Waals surface area contributed by atoms with Gasteiger partial charge in [0.1, 0.15) is 25.5 Å². The van der Waals surface area contributed by atoms with Crippen LogP contribution in [0.15, 0.2) is 109 Å². The van der Waals surface area contributed by atoms with E-state index in [1.807, 2.05) is 37.1 Å². The topological polar surface area (TPSA) is 44.7 Å². The van der Waals surface area contributed by atoms with Gasteiger partial charge in [0.05, 0.1) is 18.2 Å². The number of rotatable bonds is 10. The number of anilines is 1. The highest BCUT2D eigenvalue weighted by Crippen LogP contribution is 2.49. The molecule has 0 N–H and O–H groups in total. The Morgan fingerprint density at radius 3 is 2.61 bits per heavy atom. The highest BCUT2D eigenvalue weighted by Gasteiger charge is 2.51. The molecular weight excluding hydrogens is 542 g/mol. The summed E-state index contributed by atoms with van der Waals surface area (Å²) in [6.07, 6.45) is 16.8. The fourth-order valence-electron chi connectivity index (χ4n) is 6.88. The lowest BCUT2D eigenvalue weighted by Crippen LogP contribution is -2.45. The third-order valence-electron chi connectivity index (χ3n) is 9.28. The van der Waals surface area contributed by atoms with Crippen molar-refractivity contribution in [2.75, 3.05) is 18.0 Å². The molecule has 2 unspecified atom stereocenters. The van der Waals surface area contributed by atoms with E-state index >= 15 is 0 Å². The Bertz CT molecular complexity index is 1550. The van der Waals surface area contributed by atoms with Gasteiger partial charge in [0.15, 0.2) is 0 Å². The van der Waals surface area contributed by atoms with Crippen molar-refractivity contribution >= 4 is 17.3 Å². The number of carbonyl (C=O) groups is 1. The first-order valence-electron chi connectivity index (χ1n) is 16.1. The van der Waals surface area contributed by atoms with Crippen LogP contribution in [0.25, 0.3) is 0 Å². The van der Waals surface area contributed by atoms with E-state index in [4.69, 9.17) is 4.99 Å². The van der Waals surface area contributed by atoms with E-state index in [0.717, 1.165) is 80.9 Å². The number of benzene rings is 2. The molecule has 5 rings (SSSR count). The molecule has 1 spiro atoms. The SMILES string of the molecule is C=CC(CC(C)/C=C\C)=N/C=C(\C)N1C(=O)C2(CCCCN(Cc3n(Cc4ccccc4)cc[n+]3C)CC2)c2ccccc21. The van der Waals surface area contributed by atoms with Gasteiger partial charge in [-0.05, 0) is 75.3 Å². The van der Waals surface area contributed by atoms with Crippen molar-refractivity contribution in [3.63, 3.8) is 0 Å². The van der Waals surface area contributed by atoms with E-state index in [1.165, 1.54) is 11.4 Å². The summed E-state index contributed by atoms with van der Waals surface area (Å²) in [7, 11) is 2.13. The number of aryl methyl sites for hydroxylation is 1. The Hall–Kier alpha value is -4.03. The number of amides is 1. The van der Waals surface area contributed by atoms with Crippen LogP contribution in [-0.2, 0) is 30.3 Å². The van der Waals surface area contributed by atoms with Gasteiger partial charge in [-0.15, -0.1) is 0 Å². The van der Waals surface area contributed by atoms with E-state index < -0.39 is 5.41 Å². The van der Waals surface area contributed by atoms with Gasteiger partial charge < -0.3 is 0 Å². The number of likely N-dealkylation sites (tertiary alicyclic amines) is 1. The predicted octanol–water partition coefficient (Wildman–Crippen LogP) is 7.11. The van der Waals surface area contributed by atoms with E-state index in [-0.39, 0.29) is 5.91 Å². The second kappa shape index (κ2) is 14.2. The molecule has 1 fully saturated rings. The Morgan fingerprint density at radius 1 is 1.07 bits per heavy atom. The van der Waals surface area contributed by atoms with Crippen LogP contribution >= 0.6 is 0 Å². The maximum absolute atomic E-state index is 14.5. The number of aliphatic imine (C=N–C) groups is 1. The van der Waals surface area contributed by atoms with Crippen molar-refractivity contribution in [2.24, 2.45) is 18.0 Å². The van der Waals surface area contributed by atoms with E-state index in [9.17, 15) is 4.79 Å². The lowest BCUT2D eigenvalue weighted by molar-refractivity contribution is -0.679. The van der Waals surface area contributed by atoms with Gasteiger partial charge in [-0.3, -0.25) is 19.6 Å². The van der Waals surface area contributed by atoms with Crippen molar-refractivity contribution in [3.8, 4) is 0 Å². The minimum absolute atomic E-state index is 0.185. The van der Waals surface area contributed by atoms with Gasteiger partial charge in [-0.1, -0.05) is 80.6 Å². The molecule has 44 heavy (non-hydrogen) atoms. The zero-order valence-electron chi connectivity index (χ0n) is 27.0. The Labute approximate surface area is 263 Å². The Kier molecular flexibility index (Phi) is 10.1. The Morgan fingerprint density at radius 2 is 1.84 bits per heavy atom. The molecule has 1 amide bonds. The largest absolute Gasteiger partial charge is 0.292 e. The molecule has 2 atom stereocenters. The number of hydrogen-bond acceptors (Lipinski definition) is 3. The third-order valence-corrected chi connectivity index (χ3v) is 9.28. The molecule has 2 aliphatic rings. The number of fused-ring (bicyclic) bond motifs is 2. The van der Waals surface area contributed by atoms with Crippen molar-refractivity contribution in [3.05, 3.63) is 121 Å². The molecule has 2 aliphatic heterocycles. The van der Waals surface area contributed by atoms with Crippen LogP contribution in [0.3, 0.4) is 0 Å². The van der Waals surface area contributed by atoms with Crippen LogP contribution in [-0.4, -0.2) is 34.2 Å². The number of nitrogens with zero attached hydrogens (tertiary/aromatic N) is 5. The quantitative estimate of drug-likeness (QED) is 0.144. The van der Waals surface area contributed by atoms with Crippen LogP contribution in [0, 0.1) is 5.92 Å². The first kappa shape index (κ1) is 31.4. The molecule has 1 saturated heterocycles. The van der Waals surface area contributed by atoms with E-state index in [2.05, 4.69) is 108 Å². The summed E-state index contributed by atoms with van der Waals surface area (Å²) in [5.74, 6) is 1.84. The van der Waals surface area contributed by atoms with Gasteiger partial charge >= 0.3 is 0 Å². The summed E-state index contributed by atoms with van der Waals surface area (Å²) in [4.78, 5) is 23.8. The molecule has 3 heterocycles. The molecule has 0 saturated carbocycles. The normalized spacial score (nSPS) is 20.6. The second-order valence-corrected chi connectivity index (χ2v) is 12.5. The summed E-state index contributed by atoms with van der Waals surface area (Å²) >= 11 is 0. The predicted molar refractivity (Wildman–Crippen MR) is 180 cm³/mol. The van der Waals surface area contributed by atoms with Gasteiger partial charge in [0.2, 0.25) is 5.91 Å². The molecule has 3 aromatic rings. The molecular formula is C38H48N5O+. The fraction of sp³-hybridized carbons (Fsp3) is 0.395. The van der Waals surface area contributed by atoms with Crippen LogP contribution in [0.5, 0.6) is 0 Å². The molecule has 6 heteroatoms. The average Bonchev–Trinajstić information content (AvgIpc) is 3.48. The number of imidazole rings is 1. The molecule has 6 nitrogen and oxygen atoms in total. The van der Waals surface area contributed by atoms with Gasteiger partial charge in [0.25, 0.3) is 5.82 Å². The van der Waals surface area contributed by atoms with Crippen LogP contribution in [0.2, 0.25) is 0 Å². The number of hydrogen-bond donors (Lipinski definition) is 0. The molecule has 0 aliphatic carbocycles. The van der Waals surface area contributed by atoms with Crippen molar-refractivity contribution < 1.29 is 9.36 Å². The molecule has 2 aromatic carbocycles. The van der Waals surface area contributed by atoms with Crippen LogP contribution in [0.1, 0.15) is 69.8 Å². The lowest BCUT2D eigenvalue weighted by atomic mass is 9.74. The van der Waals surface area contributed by atoms with E-state index in [1.54, 1.807) is 0 Å². The monoisotopic (exact) mass is 590 g/mol. The highest BCUT2D eigenvalue weighted by atomic mass is 16.2. The average molecular weight is 591 g/mol. The number of para-hydroxylation sites is 1. The highest BCUT2D eigenvalue weighted by molar-refractivity contribution is 6.10. The number of allylic oxidation sites excluding steroid dienone is 4.